The number of benzene rings is 1. The molecule has 0 bridgehead atoms. The summed E-state index contributed by atoms with van der Waals surface area (Å²) in [4.78, 5) is 23.7. The zero-order valence-corrected chi connectivity index (χ0v) is 13.1. The number of hydrogen-bond acceptors (Lipinski definition) is 3. The van der Waals surface area contributed by atoms with Crippen molar-refractivity contribution in [3.05, 3.63) is 52.3 Å². The Morgan fingerprint density at radius 2 is 2.22 bits per heavy atom. The number of nitrogens with two attached hydrogens (primary N) is 1. The fourth-order valence-electron chi connectivity index (χ4n) is 3.01. The van der Waals surface area contributed by atoms with Gasteiger partial charge >= 0.3 is 0 Å². The predicted octanol–water partition coefficient (Wildman–Crippen LogP) is 1.88. The number of hydrogen-bond donors (Lipinski definition) is 3. The Morgan fingerprint density at radius 3 is 2.91 bits per heavy atom. The first-order valence-electron chi connectivity index (χ1n) is 7.86. The molecular formula is C17H20N4O2. The van der Waals surface area contributed by atoms with Crippen LogP contribution in [-0.2, 0) is 12.8 Å². The van der Waals surface area contributed by atoms with E-state index in [2.05, 4.69) is 15.5 Å². The fraction of sp³-hybridized carbons (Fsp3) is 0.353. The molecule has 0 saturated heterocycles. The zero-order valence-electron chi connectivity index (χ0n) is 13.1. The number of fused-ring (bicyclic) bond motifs is 1. The maximum atomic E-state index is 12.4. The largest absolute Gasteiger partial charge is 0.366 e. The molecule has 4 N–H and O–H groups in total. The summed E-state index contributed by atoms with van der Waals surface area (Å²) < 4.78 is 0. The number of aryl methyl sites for hydroxylation is 2. The van der Waals surface area contributed by atoms with E-state index < -0.39 is 5.91 Å². The van der Waals surface area contributed by atoms with Gasteiger partial charge in [-0.15, -0.1) is 0 Å². The van der Waals surface area contributed by atoms with Gasteiger partial charge in [-0.2, -0.15) is 5.10 Å². The van der Waals surface area contributed by atoms with Crippen molar-refractivity contribution in [3.63, 3.8) is 0 Å². The summed E-state index contributed by atoms with van der Waals surface area (Å²) in [7, 11) is 0. The third-order valence-corrected chi connectivity index (χ3v) is 4.29. The van der Waals surface area contributed by atoms with Crippen LogP contribution in [0.1, 0.15) is 63.5 Å². The van der Waals surface area contributed by atoms with Crippen molar-refractivity contribution in [2.45, 2.75) is 38.6 Å². The molecule has 0 saturated carbocycles. The van der Waals surface area contributed by atoms with Crippen LogP contribution in [0.2, 0.25) is 0 Å². The van der Waals surface area contributed by atoms with Crippen LogP contribution in [0, 0.1) is 0 Å². The third-order valence-electron chi connectivity index (χ3n) is 4.29. The molecule has 23 heavy (non-hydrogen) atoms. The first-order valence-corrected chi connectivity index (χ1v) is 7.86. The van der Waals surface area contributed by atoms with E-state index in [1.54, 1.807) is 12.1 Å². The van der Waals surface area contributed by atoms with E-state index in [1.165, 1.54) is 0 Å². The molecule has 0 radical (unpaired) electrons. The van der Waals surface area contributed by atoms with E-state index in [0.717, 1.165) is 42.5 Å². The van der Waals surface area contributed by atoms with Crippen LogP contribution >= 0.6 is 0 Å². The van der Waals surface area contributed by atoms with Crippen molar-refractivity contribution in [1.29, 1.82) is 0 Å². The third kappa shape index (κ3) is 3.11. The summed E-state index contributed by atoms with van der Waals surface area (Å²) in [6.45, 7) is 2.00. The van der Waals surface area contributed by atoms with Gasteiger partial charge in [-0.05, 0) is 55.0 Å². The lowest BCUT2D eigenvalue weighted by Crippen LogP contribution is -2.31. The average Bonchev–Trinajstić information content (AvgIpc) is 3.03. The molecule has 2 amide bonds. The number of aromatic nitrogens is 2. The van der Waals surface area contributed by atoms with Gasteiger partial charge < -0.3 is 11.1 Å². The number of rotatable bonds is 4. The SMILES string of the molecule is CCc1cc(C(=O)NC2CCCc3cc(C(N)=O)ccc32)n[nH]1. The average molecular weight is 312 g/mol. The van der Waals surface area contributed by atoms with Crippen molar-refractivity contribution in [2.75, 3.05) is 0 Å². The predicted molar refractivity (Wildman–Crippen MR) is 86.1 cm³/mol. The number of H-pyrrole nitrogens is 1. The number of carbonyl (C=O) groups excluding carboxylic acids is 2. The molecule has 1 aliphatic carbocycles. The summed E-state index contributed by atoms with van der Waals surface area (Å²) in [6.07, 6.45) is 3.54. The molecule has 3 rings (SSSR count). The van der Waals surface area contributed by atoms with Gasteiger partial charge in [0.1, 0.15) is 5.69 Å². The lowest BCUT2D eigenvalue weighted by molar-refractivity contribution is 0.0926. The van der Waals surface area contributed by atoms with Crippen LogP contribution in [0.4, 0.5) is 0 Å². The number of amides is 2. The van der Waals surface area contributed by atoms with Gasteiger partial charge in [0, 0.05) is 11.3 Å². The lowest BCUT2D eigenvalue weighted by atomic mass is 9.86. The number of carbonyl (C=O) groups is 2. The number of nitrogens with one attached hydrogen (secondary N) is 2. The van der Waals surface area contributed by atoms with Crippen LogP contribution < -0.4 is 11.1 Å². The number of nitrogens with zero attached hydrogens (tertiary/aromatic N) is 1. The second-order valence-corrected chi connectivity index (χ2v) is 5.83. The van der Waals surface area contributed by atoms with Crippen LogP contribution in [-0.4, -0.2) is 22.0 Å². The van der Waals surface area contributed by atoms with Crippen LogP contribution in [0.15, 0.2) is 24.3 Å². The van der Waals surface area contributed by atoms with E-state index in [9.17, 15) is 9.59 Å². The Hall–Kier alpha value is -2.63. The molecular weight excluding hydrogens is 292 g/mol. The highest BCUT2D eigenvalue weighted by Gasteiger charge is 2.23. The summed E-state index contributed by atoms with van der Waals surface area (Å²) in [5.74, 6) is -0.611. The van der Waals surface area contributed by atoms with Crippen molar-refractivity contribution in [2.24, 2.45) is 5.73 Å². The molecule has 1 unspecified atom stereocenters. The first kappa shape index (κ1) is 15.3. The molecule has 120 valence electrons. The Kier molecular flexibility index (Phi) is 4.14. The molecule has 6 nitrogen and oxygen atoms in total. The summed E-state index contributed by atoms with van der Waals surface area (Å²) >= 11 is 0. The van der Waals surface area contributed by atoms with Crippen molar-refractivity contribution in [3.8, 4) is 0 Å². The Labute approximate surface area is 134 Å². The van der Waals surface area contributed by atoms with Crippen LogP contribution in [0.5, 0.6) is 0 Å². The minimum atomic E-state index is -0.428. The summed E-state index contributed by atoms with van der Waals surface area (Å²) in [5, 5.41) is 9.94. The van der Waals surface area contributed by atoms with Gasteiger partial charge in [0.2, 0.25) is 5.91 Å². The van der Waals surface area contributed by atoms with Crippen LogP contribution in [0.25, 0.3) is 0 Å². The second-order valence-electron chi connectivity index (χ2n) is 5.83. The molecule has 6 heteroatoms. The quantitative estimate of drug-likeness (QED) is 0.803. The maximum Gasteiger partial charge on any atom is 0.272 e. The normalized spacial score (nSPS) is 16.7. The maximum absolute atomic E-state index is 12.4. The zero-order chi connectivity index (χ0) is 16.4. The molecule has 0 spiro atoms. The van der Waals surface area contributed by atoms with E-state index in [-0.39, 0.29) is 11.9 Å². The molecule has 0 aliphatic heterocycles. The van der Waals surface area contributed by atoms with Gasteiger partial charge in [-0.25, -0.2) is 0 Å². The smallest absolute Gasteiger partial charge is 0.272 e. The molecule has 1 aromatic heterocycles. The number of aromatic amines is 1. The van der Waals surface area contributed by atoms with Crippen LogP contribution in [0.3, 0.4) is 0 Å². The topological polar surface area (TPSA) is 101 Å². The van der Waals surface area contributed by atoms with E-state index >= 15 is 0 Å². The van der Waals surface area contributed by atoms with E-state index in [0.29, 0.717) is 11.3 Å². The molecule has 1 heterocycles. The highest BCUT2D eigenvalue weighted by Crippen LogP contribution is 2.30. The Morgan fingerprint density at radius 1 is 1.39 bits per heavy atom. The summed E-state index contributed by atoms with van der Waals surface area (Å²) in [5.41, 5.74) is 9.32. The van der Waals surface area contributed by atoms with E-state index in [4.69, 9.17) is 5.73 Å². The first-order chi connectivity index (χ1) is 11.1. The molecule has 2 aromatic rings. The van der Waals surface area contributed by atoms with Gasteiger partial charge in [0.25, 0.3) is 5.91 Å². The standard InChI is InChI=1S/C17H20N4O2/c1-2-12-9-15(21-20-12)17(23)19-14-5-3-4-10-8-11(16(18)22)6-7-13(10)14/h6-9,14H,2-5H2,1H3,(H2,18,22)(H,19,23)(H,20,21). The molecule has 1 aliphatic rings. The monoisotopic (exact) mass is 312 g/mol. The Bertz CT molecular complexity index is 751. The van der Waals surface area contributed by atoms with Crippen molar-refractivity contribution in [1.82, 2.24) is 15.5 Å². The van der Waals surface area contributed by atoms with E-state index in [1.807, 2.05) is 19.1 Å². The summed E-state index contributed by atoms with van der Waals surface area (Å²) in [6, 6.07) is 7.15. The van der Waals surface area contributed by atoms with Crippen molar-refractivity contribution >= 4 is 11.8 Å². The highest BCUT2D eigenvalue weighted by atomic mass is 16.2. The second kappa shape index (κ2) is 6.24. The molecule has 1 aromatic carbocycles. The van der Waals surface area contributed by atoms with Crippen molar-refractivity contribution < 1.29 is 9.59 Å². The van der Waals surface area contributed by atoms with Gasteiger partial charge in [-0.1, -0.05) is 13.0 Å². The number of primary amides is 1. The van der Waals surface area contributed by atoms with Gasteiger partial charge in [-0.3, -0.25) is 14.7 Å². The fourth-order valence-corrected chi connectivity index (χ4v) is 3.01. The van der Waals surface area contributed by atoms with Gasteiger partial charge in [0.15, 0.2) is 0 Å². The van der Waals surface area contributed by atoms with Gasteiger partial charge in [0.05, 0.1) is 6.04 Å². The minimum absolute atomic E-state index is 0.0602. The molecule has 1 atom stereocenters. The lowest BCUT2D eigenvalue weighted by Gasteiger charge is -2.26. The highest BCUT2D eigenvalue weighted by molar-refractivity contribution is 5.93. The molecule has 0 fully saturated rings. The Balaban J connectivity index is 1.80. The minimum Gasteiger partial charge on any atom is -0.366 e.